The van der Waals surface area contributed by atoms with E-state index in [9.17, 15) is 18.5 Å². The number of imidazole rings is 1. The molecule has 1 N–H and O–H groups in total. The van der Waals surface area contributed by atoms with E-state index in [4.69, 9.17) is 0 Å². The van der Waals surface area contributed by atoms with Crippen molar-refractivity contribution in [2.75, 3.05) is 25.0 Å². The molecule has 4 rings (SSSR count). The SMILES string of the molecule is O=[N+]([O-])c1cc(S(=O)(=O)N2CCCCCC2)ccc1NCCc1nccn1Cc1ccccc1. The Bertz CT molecular complexity index is 1220. The first-order valence-electron chi connectivity index (χ1n) is 11.5. The normalized spacial score (nSPS) is 15.1. The molecule has 2 heterocycles. The lowest BCUT2D eigenvalue weighted by Crippen LogP contribution is -2.32. The van der Waals surface area contributed by atoms with Crippen LogP contribution in [0.15, 0.2) is 65.8 Å². The van der Waals surface area contributed by atoms with E-state index in [1.165, 1.54) is 22.5 Å². The van der Waals surface area contributed by atoms with Crippen LogP contribution in [0, 0.1) is 10.1 Å². The Kier molecular flexibility index (Phi) is 7.59. The number of nitro groups is 1. The standard InChI is InChI=1S/C24H29N5O4S/c30-29(31)23-18-21(34(32,33)28-15-6-1-2-7-16-28)10-11-22(23)25-13-12-24-26-14-17-27(24)19-20-8-4-3-5-9-20/h3-5,8-11,14,17-18,25H,1-2,6-7,12-13,15-16,19H2. The number of nitro benzene ring substituents is 1. The Morgan fingerprint density at radius 2 is 1.76 bits per heavy atom. The maximum atomic E-state index is 13.1. The zero-order valence-corrected chi connectivity index (χ0v) is 19.8. The topological polar surface area (TPSA) is 110 Å². The van der Waals surface area contributed by atoms with Gasteiger partial charge in [-0.25, -0.2) is 13.4 Å². The minimum Gasteiger partial charge on any atom is -0.379 e. The van der Waals surface area contributed by atoms with E-state index in [0.717, 1.165) is 37.1 Å². The van der Waals surface area contributed by atoms with E-state index in [0.29, 0.717) is 38.3 Å². The average molecular weight is 484 g/mol. The molecule has 0 unspecified atom stereocenters. The minimum atomic E-state index is -3.76. The van der Waals surface area contributed by atoms with Crippen molar-refractivity contribution in [3.63, 3.8) is 0 Å². The fourth-order valence-corrected chi connectivity index (χ4v) is 5.74. The minimum absolute atomic E-state index is 0.0370. The van der Waals surface area contributed by atoms with Gasteiger partial charge in [-0.2, -0.15) is 4.31 Å². The Morgan fingerprint density at radius 3 is 2.47 bits per heavy atom. The summed E-state index contributed by atoms with van der Waals surface area (Å²) in [5, 5.41) is 14.8. The number of hydrogen-bond donors (Lipinski definition) is 1. The third kappa shape index (κ3) is 5.63. The second-order valence-electron chi connectivity index (χ2n) is 8.39. The summed E-state index contributed by atoms with van der Waals surface area (Å²) in [7, 11) is -3.76. The van der Waals surface area contributed by atoms with Crippen molar-refractivity contribution in [2.45, 2.75) is 43.5 Å². The summed E-state index contributed by atoms with van der Waals surface area (Å²) in [5.41, 5.74) is 1.20. The molecule has 1 aliphatic rings. The van der Waals surface area contributed by atoms with Crippen LogP contribution in [0.5, 0.6) is 0 Å². The van der Waals surface area contributed by atoms with Crippen LogP contribution in [-0.2, 0) is 23.0 Å². The first kappa shape index (κ1) is 23.9. The predicted octanol–water partition coefficient (Wildman–Crippen LogP) is 4.06. The van der Waals surface area contributed by atoms with E-state index in [1.807, 2.05) is 41.1 Å². The van der Waals surface area contributed by atoms with Crippen molar-refractivity contribution in [3.8, 4) is 0 Å². The van der Waals surface area contributed by atoms with Gasteiger partial charge in [-0.15, -0.1) is 0 Å². The third-order valence-corrected chi connectivity index (χ3v) is 7.92. The van der Waals surface area contributed by atoms with Crippen LogP contribution in [0.1, 0.15) is 37.1 Å². The van der Waals surface area contributed by atoms with Crippen molar-refractivity contribution in [2.24, 2.45) is 0 Å². The van der Waals surface area contributed by atoms with Gasteiger partial charge in [0.1, 0.15) is 11.5 Å². The van der Waals surface area contributed by atoms with Gasteiger partial charge in [0.25, 0.3) is 5.69 Å². The van der Waals surface area contributed by atoms with E-state index in [-0.39, 0.29) is 10.6 Å². The molecule has 0 spiro atoms. The number of nitrogens with one attached hydrogen (secondary N) is 1. The van der Waals surface area contributed by atoms with Crippen molar-refractivity contribution in [3.05, 3.63) is 82.4 Å². The molecule has 0 radical (unpaired) electrons. The number of nitrogens with zero attached hydrogens (tertiary/aromatic N) is 4. The van der Waals surface area contributed by atoms with Gasteiger partial charge in [-0.05, 0) is 30.5 Å². The van der Waals surface area contributed by atoms with Crippen LogP contribution < -0.4 is 5.32 Å². The second-order valence-corrected chi connectivity index (χ2v) is 10.3. The molecule has 1 aromatic heterocycles. The Hall–Kier alpha value is -3.24. The molecule has 3 aromatic rings. The maximum Gasteiger partial charge on any atom is 0.293 e. The van der Waals surface area contributed by atoms with Crippen LogP contribution in [-0.4, -0.2) is 46.8 Å². The molecule has 9 nitrogen and oxygen atoms in total. The van der Waals surface area contributed by atoms with Gasteiger partial charge in [-0.3, -0.25) is 10.1 Å². The molecular formula is C24H29N5O4S. The average Bonchev–Trinajstić information content (AvgIpc) is 3.08. The van der Waals surface area contributed by atoms with Crippen LogP contribution in [0.2, 0.25) is 0 Å². The predicted molar refractivity (Wildman–Crippen MR) is 130 cm³/mol. The highest BCUT2D eigenvalue weighted by atomic mass is 32.2. The molecule has 0 atom stereocenters. The summed E-state index contributed by atoms with van der Waals surface area (Å²) >= 11 is 0. The summed E-state index contributed by atoms with van der Waals surface area (Å²) in [6.07, 6.45) is 7.82. The quantitative estimate of drug-likeness (QED) is 0.363. The van der Waals surface area contributed by atoms with Crippen molar-refractivity contribution in [1.82, 2.24) is 13.9 Å². The highest BCUT2D eigenvalue weighted by Gasteiger charge is 2.28. The summed E-state index contributed by atoms with van der Waals surface area (Å²) in [6.45, 7) is 2.02. The fraction of sp³-hybridized carbons (Fsp3) is 0.375. The zero-order chi connectivity index (χ0) is 24.0. The van der Waals surface area contributed by atoms with Gasteiger partial charge in [0, 0.05) is 51.1 Å². The number of benzene rings is 2. The molecule has 0 aliphatic carbocycles. The van der Waals surface area contributed by atoms with Gasteiger partial charge in [0.05, 0.1) is 9.82 Å². The lowest BCUT2D eigenvalue weighted by molar-refractivity contribution is -0.384. The summed E-state index contributed by atoms with van der Waals surface area (Å²) in [4.78, 5) is 15.6. The largest absolute Gasteiger partial charge is 0.379 e. The first-order valence-corrected chi connectivity index (χ1v) is 13.0. The van der Waals surface area contributed by atoms with Crippen molar-refractivity contribution in [1.29, 1.82) is 0 Å². The summed E-state index contributed by atoms with van der Waals surface area (Å²) < 4.78 is 29.6. The molecule has 0 amide bonds. The van der Waals surface area contributed by atoms with Gasteiger partial charge < -0.3 is 9.88 Å². The Labute approximate surface area is 199 Å². The molecule has 1 aliphatic heterocycles. The molecule has 0 saturated carbocycles. The number of sulfonamides is 1. The van der Waals surface area contributed by atoms with Gasteiger partial charge in [-0.1, -0.05) is 43.2 Å². The summed E-state index contributed by atoms with van der Waals surface area (Å²) in [5.74, 6) is 0.861. The molecule has 0 bridgehead atoms. The Balaban J connectivity index is 1.45. The van der Waals surface area contributed by atoms with E-state index in [1.54, 1.807) is 6.20 Å². The number of aromatic nitrogens is 2. The molecule has 10 heteroatoms. The highest BCUT2D eigenvalue weighted by Crippen LogP contribution is 2.30. The van der Waals surface area contributed by atoms with Gasteiger partial charge >= 0.3 is 0 Å². The van der Waals surface area contributed by atoms with Crippen LogP contribution in [0.25, 0.3) is 0 Å². The summed E-state index contributed by atoms with van der Waals surface area (Å²) in [6, 6.07) is 14.1. The van der Waals surface area contributed by atoms with Crippen molar-refractivity contribution < 1.29 is 13.3 Å². The lowest BCUT2D eigenvalue weighted by Gasteiger charge is -2.20. The molecular weight excluding hydrogens is 454 g/mol. The van der Waals surface area contributed by atoms with Gasteiger partial charge in [0.2, 0.25) is 10.0 Å². The van der Waals surface area contributed by atoms with Crippen LogP contribution in [0.4, 0.5) is 11.4 Å². The van der Waals surface area contributed by atoms with E-state index in [2.05, 4.69) is 10.3 Å². The number of anilines is 1. The zero-order valence-electron chi connectivity index (χ0n) is 19.0. The molecule has 1 saturated heterocycles. The fourth-order valence-electron chi connectivity index (χ4n) is 4.20. The molecule has 34 heavy (non-hydrogen) atoms. The second kappa shape index (κ2) is 10.8. The number of rotatable bonds is 9. The highest BCUT2D eigenvalue weighted by molar-refractivity contribution is 7.89. The van der Waals surface area contributed by atoms with E-state index >= 15 is 0 Å². The Morgan fingerprint density at radius 1 is 1.03 bits per heavy atom. The number of hydrogen-bond acceptors (Lipinski definition) is 6. The molecule has 180 valence electrons. The van der Waals surface area contributed by atoms with E-state index < -0.39 is 14.9 Å². The monoisotopic (exact) mass is 483 g/mol. The van der Waals surface area contributed by atoms with Crippen molar-refractivity contribution >= 4 is 21.4 Å². The van der Waals surface area contributed by atoms with Gasteiger partial charge in [0.15, 0.2) is 0 Å². The van der Waals surface area contributed by atoms with Crippen LogP contribution >= 0.6 is 0 Å². The molecule has 1 fully saturated rings. The smallest absolute Gasteiger partial charge is 0.293 e. The third-order valence-electron chi connectivity index (χ3n) is 6.03. The maximum absolute atomic E-state index is 13.1. The molecule has 2 aromatic carbocycles. The van der Waals surface area contributed by atoms with Crippen LogP contribution in [0.3, 0.4) is 0 Å². The lowest BCUT2D eigenvalue weighted by atomic mass is 10.2. The first-order chi connectivity index (χ1) is 16.4.